The monoisotopic (exact) mass is 217 g/mol. The van der Waals surface area contributed by atoms with Crippen LogP contribution in [0.15, 0.2) is 42.6 Å². The van der Waals surface area contributed by atoms with Crippen LogP contribution in [-0.4, -0.2) is 16.7 Å². The lowest BCUT2D eigenvalue weighted by atomic mass is 10.1. The van der Waals surface area contributed by atoms with Gasteiger partial charge < -0.3 is 5.11 Å². The van der Waals surface area contributed by atoms with E-state index in [1.165, 1.54) is 12.1 Å². The molecule has 3 heteroatoms. The first-order chi connectivity index (χ1) is 7.79. The number of aliphatic hydroxyl groups is 1. The summed E-state index contributed by atoms with van der Waals surface area (Å²) in [5.41, 5.74) is 2.47. The summed E-state index contributed by atoms with van der Waals surface area (Å²) in [5.74, 6) is -0.265. The molecular formula is C13H12FNO. The van der Waals surface area contributed by atoms with Gasteiger partial charge in [0.25, 0.3) is 0 Å². The smallest absolute Gasteiger partial charge is 0.123 e. The van der Waals surface area contributed by atoms with Gasteiger partial charge in [0.05, 0.1) is 5.69 Å². The van der Waals surface area contributed by atoms with Gasteiger partial charge in [-0.2, -0.15) is 0 Å². The molecule has 0 saturated heterocycles. The highest BCUT2D eigenvalue weighted by Crippen LogP contribution is 2.17. The van der Waals surface area contributed by atoms with Crippen LogP contribution < -0.4 is 0 Å². The van der Waals surface area contributed by atoms with E-state index in [9.17, 15) is 4.39 Å². The fourth-order valence-electron chi connectivity index (χ4n) is 1.52. The van der Waals surface area contributed by atoms with Crippen LogP contribution in [0.25, 0.3) is 11.3 Å². The minimum atomic E-state index is -0.265. The van der Waals surface area contributed by atoms with Crippen LogP contribution in [0.2, 0.25) is 0 Å². The lowest BCUT2D eigenvalue weighted by Gasteiger charge is -2.02. The Hall–Kier alpha value is -1.74. The third-order valence-corrected chi connectivity index (χ3v) is 2.35. The van der Waals surface area contributed by atoms with E-state index in [1.54, 1.807) is 12.3 Å². The number of aromatic nitrogens is 1. The van der Waals surface area contributed by atoms with Crippen LogP contribution in [0.3, 0.4) is 0 Å². The van der Waals surface area contributed by atoms with Crippen molar-refractivity contribution < 1.29 is 9.50 Å². The maximum atomic E-state index is 13.0. The van der Waals surface area contributed by atoms with Gasteiger partial charge in [-0.15, -0.1) is 0 Å². The lowest BCUT2D eigenvalue weighted by Crippen LogP contribution is -1.92. The third-order valence-electron chi connectivity index (χ3n) is 2.35. The fourth-order valence-corrected chi connectivity index (χ4v) is 1.52. The Balaban J connectivity index is 2.27. The molecule has 82 valence electrons. The molecule has 0 radical (unpaired) electrons. The van der Waals surface area contributed by atoms with Crippen molar-refractivity contribution in [1.29, 1.82) is 0 Å². The number of rotatable bonds is 3. The molecule has 16 heavy (non-hydrogen) atoms. The van der Waals surface area contributed by atoms with E-state index in [2.05, 4.69) is 4.98 Å². The van der Waals surface area contributed by atoms with Crippen molar-refractivity contribution in [3.05, 3.63) is 54.0 Å². The molecule has 0 spiro atoms. The largest absolute Gasteiger partial charge is 0.396 e. The molecule has 0 unspecified atom stereocenters. The molecule has 1 aromatic heterocycles. The number of halogens is 1. The second-order valence-corrected chi connectivity index (χ2v) is 3.54. The lowest BCUT2D eigenvalue weighted by molar-refractivity contribution is 0.299. The predicted octanol–water partition coefficient (Wildman–Crippen LogP) is 2.42. The Morgan fingerprint density at radius 3 is 2.69 bits per heavy atom. The van der Waals surface area contributed by atoms with Gasteiger partial charge in [-0.05, 0) is 30.2 Å². The number of hydrogen-bond donors (Lipinski definition) is 1. The number of hydrogen-bond acceptors (Lipinski definition) is 2. The van der Waals surface area contributed by atoms with E-state index in [0.717, 1.165) is 16.8 Å². The van der Waals surface area contributed by atoms with Crippen molar-refractivity contribution >= 4 is 0 Å². The molecule has 2 aromatic rings. The summed E-state index contributed by atoms with van der Waals surface area (Å²) in [7, 11) is 0. The Bertz CT molecular complexity index is 468. The van der Waals surface area contributed by atoms with E-state index in [4.69, 9.17) is 5.11 Å². The van der Waals surface area contributed by atoms with Gasteiger partial charge in [0.1, 0.15) is 5.82 Å². The summed E-state index contributed by atoms with van der Waals surface area (Å²) in [6, 6.07) is 10.1. The van der Waals surface area contributed by atoms with Gasteiger partial charge in [-0.3, -0.25) is 4.98 Å². The van der Waals surface area contributed by atoms with Gasteiger partial charge in [-0.25, -0.2) is 4.39 Å². The number of aliphatic hydroxyl groups excluding tert-OH is 1. The van der Waals surface area contributed by atoms with Crippen molar-refractivity contribution in [2.75, 3.05) is 6.61 Å². The molecule has 0 amide bonds. The number of pyridine rings is 1. The Morgan fingerprint density at radius 2 is 2.06 bits per heavy atom. The standard InChI is InChI=1S/C13H12FNO/c14-12-3-1-2-11(8-12)13-5-4-10(6-7-16)9-15-13/h1-5,8-9,16H,6-7H2. The van der Waals surface area contributed by atoms with Crippen molar-refractivity contribution in [1.82, 2.24) is 4.98 Å². The molecule has 0 aliphatic carbocycles. The first-order valence-electron chi connectivity index (χ1n) is 5.11. The number of nitrogens with zero attached hydrogens (tertiary/aromatic N) is 1. The van der Waals surface area contributed by atoms with Crippen LogP contribution in [0.1, 0.15) is 5.56 Å². The normalized spacial score (nSPS) is 10.4. The highest BCUT2D eigenvalue weighted by molar-refractivity contribution is 5.58. The summed E-state index contributed by atoms with van der Waals surface area (Å²) in [5, 5.41) is 8.77. The minimum Gasteiger partial charge on any atom is -0.396 e. The van der Waals surface area contributed by atoms with Crippen molar-refractivity contribution in [2.24, 2.45) is 0 Å². The quantitative estimate of drug-likeness (QED) is 0.856. The molecule has 0 aliphatic heterocycles. The number of benzene rings is 1. The fraction of sp³-hybridized carbons (Fsp3) is 0.154. The van der Waals surface area contributed by atoms with E-state index >= 15 is 0 Å². The van der Waals surface area contributed by atoms with E-state index in [-0.39, 0.29) is 12.4 Å². The maximum Gasteiger partial charge on any atom is 0.123 e. The topological polar surface area (TPSA) is 33.1 Å². The van der Waals surface area contributed by atoms with Gasteiger partial charge in [0.15, 0.2) is 0 Å². The van der Waals surface area contributed by atoms with Gasteiger partial charge >= 0.3 is 0 Å². The average Bonchev–Trinajstić information content (AvgIpc) is 2.30. The molecule has 2 rings (SSSR count). The van der Waals surface area contributed by atoms with E-state index in [0.29, 0.717) is 6.42 Å². The van der Waals surface area contributed by atoms with Crippen molar-refractivity contribution in [3.63, 3.8) is 0 Å². The zero-order valence-corrected chi connectivity index (χ0v) is 8.73. The maximum absolute atomic E-state index is 13.0. The second kappa shape index (κ2) is 4.86. The van der Waals surface area contributed by atoms with Crippen molar-refractivity contribution in [2.45, 2.75) is 6.42 Å². The van der Waals surface area contributed by atoms with E-state index in [1.807, 2.05) is 18.2 Å². The summed E-state index contributed by atoms with van der Waals surface area (Å²) < 4.78 is 13.0. The summed E-state index contributed by atoms with van der Waals surface area (Å²) in [6.45, 7) is 0.112. The zero-order valence-electron chi connectivity index (χ0n) is 8.73. The summed E-state index contributed by atoms with van der Waals surface area (Å²) >= 11 is 0. The molecular weight excluding hydrogens is 205 g/mol. The van der Waals surface area contributed by atoms with Gasteiger partial charge in [-0.1, -0.05) is 18.2 Å². The summed E-state index contributed by atoms with van der Waals surface area (Å²) in [4.78, 5) is 4.23. The molecule has 0 atom stereocenters. The highest BCUT2D eigenvalue weighted by atomic mass is 19.1. The molecule has 1 N–H and O–H groups in total. The molecule has 0 fully saturated rings. The summed E-state index contributed by atoms with van der Waals surface area (Å²) in [6.07, 6.45) is 2.30. The first-order valence-corrected chi connectivity index (χ1v) is 5.11. The Kier molecular flexibility index (Phi) is 3.27. The first kappa shape index (κ1) is 10.8. The highest BCUT2D eigenvalue weighted by Gasteiger charge is 2.00. The molecule has 1 aromatic carbocycles. The van der Waals surface area contributed by atoms with Crippen LogP contribution >= 0.6 is 0 Å². The molecule has 2 nitrogen and oxygen atoms in total. The van der Waals surface area contributed by atoms with Crippen LogP contribution in [0.4, 0.5) is 4.39 Å². The van der Waals surface area contributed by atoms with Crippen LogP contribution in [0.5, 0.6) is 0 Å². The predicted molar refractivity (Wildman–Crippen MR) is 60.4 cm³/mol. The molecule has 0 aliphatic rings. The van der Waals surface area contributed by atoms with Gasteiger partial charge in [0, 0.05) is 18.4 Å². The third kappa shape index (κ3) is 2.44. The molecule has 1 heterocycles. The average molecular weight is 217 g/mol. The Morgan fingerprint density at radius 1 is 1.19 bits per heavy atom. The SMILES string of the molecule is OCCc1ccc(-c2cccc(F)c2)nc1. The minimum absolute atomic E-state index is 0.112. The molecule has 0 saturated carbocycles. The van der Waals surface area contributed by atoms with Gasteiger partial charge in [0.2, 0.25) is 0 Å². The van der Waals surface area contributed by atoms with Crippen LogP contribution in [0, 0.1) is 5.82 Å². The Labute approximate surface area is 93.4 Å². The van der Waals surface area contributed by atoms with Crippen LogP contribution in [-0.2, 0) is 6.42 Å². The zero-order chi connectivity index (χ0) is 11.4. The second-order valence-electron chi connectivity index (χ2n) is 3.54. The van der Waals surface area contributed by atoms with Crippen molar-refractivity contribution in [3.8, 4) is 11.3 Å². The van der Waals surface area contributed by atoms with E-state index < -0.39 is 0 Å². The molecule has 0 bridgehead atoms.